The van der Waals surface area contributed by atoms with Crippen molar-refractivity contribution in [3.8, 4) is 5.75 Å². The van der Waals surface area contributed by atoms with Gasteiger partial charge in [-0.25, -0.2) is 9.37 Å². The number of nitrogens with two attached hydrogens (primary N) is 1. The van der Waals surface area contributed by atoms with Crippen LogP contribution in [-0.4, -0.2) is 12.1 Å². The van der Waals surface area contributed by atoms with E-state index in [0.717, 1.165) is 10.7 Å². The predicted molar refractivity (Wildman–Crippen MR) is 70.4 cm³/mol. The molecule has 1 aromatic heterocycles. The maximum atomic E-state index is 13.8. The zero-order chi connectivity index (χ0) is 13.1. The van der Waals surface area contributed by atoms with Crippen LogP contribution in [0.25, 0.3) is 0 Å². The molecule has 0 saturated carbocycles. The summed E-state index contributed by atoms with van der Waals surface area (Å²) in [5.41, 5.74) is 7.35. The third-order valence-electron chi connectivity index (χ3n) is 2.70. The quantitative estimate of drug-likeness (QED) is 0.925. The molecule has 96 valence electrons. The van der Waals surface area contributed by atoms with Crippen molar-refractivity contribution < 1.29 is 9.13 Å². The number of hydrogen-bond acceptors (Lipinski definition) is 4. The van der Waals surface area contributed by atoms with E-state index in [1.54, 1.807) is 23.5 Å². The van der Waals surface area contributed by atoms with E-state index in [1.165, 1.54) is 13.2 Å². The molecule has 0 aliphatic heterocycles. The van der Waals surface area contributed by atoms with Crippen LogP contribution >= 0.6 is 11.3 Å². The largest absolute Gasteiger partial charge is 0.496 e. The fourth-order valence-electron chi connectivity index (χ4n) is 1.88. The van der Waals surface area contributed by atoms with Gasteiger partial charge in [0.1, 0.15) is 11.6 Å². The summed E-state index contributed by atoms with van der Waals surface area (Å²) in [7, 11) is 1.51. The standard InChI is InChI=1S/C13H15FN2OS/c1-8-16-9(7-18-8)6-11(15)13-10(14)4-3-5-12(13)17-2/h3-5,7,11H,6,15H2,1-2H3. The van der Waals surface area contributed by atoms with Crippen LogP contribution in [0, 0.1) is 12.7 Å². The molecule has 2 rings (SSSR count). The molecular weight excluding hydrogens is 251 g/mol. The Morgan fingerprint density at radius 1 is 1.50 bits per heavy atom. The van der Waals surface area contributed by atoms with Gasteiger partial charge in [0.2, 0.25) is 0 Å². The molecule has 2 aromatic rings. The van der Waals surface area contributed by atoms with Crippen molar-refractivity contribution in [1.82, 2.24) is 4.98 Å². The Labute approximate surface area is 109 Å². The number of benzene rings is 1. The van der Waals surface area contributed by atoms with Gasteiger partial charge < -0.3 is 10.5 Å². The number of nitrogens with zero attached hydrogens (tertiary/aromatic N) is 1. The number of aromatic nitrogens is 1. The minimum Gasteiger partial charge on any atom is -0.496 e. The van der Waals surface area contributed by atoms with Crippen molar-refractivity contribution in [1.29, 1.82) is 0 Å². The van der Waals surface area contributed by atoms with Crippen LogP contribution in [-0.2, 0) is 6.42 Å². The van der Waals surface area contributed by atoms with Gasteiger partial charge in [0, 0.05) is 23.4 Å². The van der Waals surface area contributed by atoms with Crippen molar-refractivity contribution in [2.75, 3.05) is 7.11 Å². The zero-order valence-electron chi connectivity index (χ0n) is 10.3. The van der Waals surface area contributed by atoms with Gasteiger partial charge in [-0.3, -0.25) is 0 Å². The van der Waals surface area contributed by atoms with Gasteiger partial charge in [-0.15, -0.1) is 11.3 Å². The summed E-state index contributed by atoms with van der Waals surface area (Å²) in [5.74, 6) is 0.142. The van der Waals surface area contributed by atoms with Crippen molar-refractivity contribution in [3.05, 3.63) is 45.7 Å². The van der Waals surface area contributed by atoms with Crippen LogP contribution in [0.2, 0.25) is 0 Å². The Bertz CT molecular complexity index is 542. The number of rotatable bonds is 4. The van der Waals surface area contributed by atoms with E-state index in [4.69, 9.17) is 10.5 Å². The molecule has 18 heavy (non-hydrogen) atoms. The minimum absolute atomic E-state index is 0.339. The Kier molecular flexibility index (Phi) is 3.93. The molecule has 2 N–H and O–H groups in total. The third kappa shape index (κ3) is 2.68. The van der Waals surface area contributed by atoms with Crippen LogP contribution in [0.15, 0.2) is 23.6 Å². The fraction of sp³-hybridized carbons (Fsp3) is 0.308. The number of hydrogen-bond donors (Lipinski definition) is 1. The van der Waals surface area contributed by atoms with Gasteiger partial charge in [-0.2, -0.15) is 0 Å². The van der Waals surface area contributed by atoms with E-state index in [-0.39, 0.29) is 5.82 Å². The van der Waals surface area contributed by atoms with Crippen molar-refractivity contribution >= 4 is 11.3 Å². The first kappa shape index (κ1) is 13.0. The first-order valence-corrected chi connectivity index (χ1v) is 6.48. The monoisotopic (exact) mass is 266 g/mol. The van der Waals surface area contributed by atoms with Crippen LogP contribution in [0.4, 0.5) is 4.39 Å². The SMILES string of the molecule is COc1cccc(F)c1C(N)Cc1csc(C)n1. The molecule has 1 unspecified atom stereocenters. The predicted octanol–water partition coefficient (Wildman–Crippen LogP) is 2.84. The van der Waals surface area contributed by atoms with Crippen LogP contribution in [0.1, 0.15) is 22.3 Å². The zero-order valence-corrected chi connectivity index (χ0v) is 11.1. The van der Waals surface area contributed by atoms with Gasteiger partial charge in [0.05, 0.1) is 17.8 Å². The lowest BCUT2D eigenvalue weighted by Gasteiger charge is -2.15. The highest BCUT2D eigenvalue weighted by Gasteiger charge is 2.18. The maximum absolute atomic E-state index is 13.8. The van der Waals surface area contributed by atoms with Crippen molar-refractivity contribution in [2.45, 2.75) is 19.4 Å². The topological polar surface area (TPSA) is 48.1 Å². The Morgan fingerprint density at radius 2 is 2.28 bits per heavy atom. The van der Waals surface area contributed by atoms with Gasteiger partial charge in [-0.05, 0) is 19.1 Å². The van der Waals surface area contributed by atoms with Crippen molar-refractivity contribution in [3.63, 3.8) is 0 Å². The molecule has 5 heteroatoms. The molecule has 0 aliphatic rings. The highest BCUT2D eigenvalue weighted by molar-refractivity contribution is 7.09. The molecule has 0 amide bonds. The maximum Gasteiger partial charge on any atom is 0.131 e. The summed E-state index contributed by atoms with van der Waals surface area (Å²) in [5, 5.41) is 2.93. The molecule has 3 nitrogen and oxygen atoms in total. The molecule has 0 radical (unpaired) electrons. The number of ether oxygens (including phenoxy) is 1. The number of aryl methyl sites for hydroxylation is 1. The first-order chi connectivity index (χ1) is 8.61. The average molecular weight is 266 g/mol. The summed E-state index contributed by atoms with van der Waals surface area (Å²) in [4.78, 5) is 4.34. The minimum atomic E-state index is -0.456. The number of methoxy groups -OCH3 is 1. The molecule has 0 spiro atoms. The van der Waals surface area contributed by atoms with Crippen LogP contribution in [0.5, 0.6) is 5.75 Å². The van der Waals surface area contributed by atoms with Gasteiger partial charge >= 0.3 is 0 Å². The van der Waals surface area contributed by atoms with Gasteiger partial charge in [-0.1, -0.05) is 6.07 Å². The van der Waals surface area contributed by atoms with E-state index < -0.39 is 6.04 Å². The van der Waals surface area contributed by atoms with E-state index in [2.05, 4.69) is 4.98 Å². The lowest BCUT2D eigenvalue weighted by molar-refractivity contribution is 0.398. The molecule has 0 aliphatic carbocycles. The second kappa shape index (κ2) is 5.46. The average Bonchev–Trinajstić information content (AvgIpc) is 2.74. The van der Waals surface area contributed by atoms with E-state index >= 15 is 0 Å². The van der Waals surface area contributed by atoms with Crippen LogP contribution < -0.4 is 10.5 Å². The van der Waals surface area contributed by atoms with E-state index in [0.29, 0.717) is 17.7 Å². The van der Waals surface area contributed by atoms with Gasteiger partial charge in [0.15, 0.2) is 0 Å². The molecule has 1 atom stereocenters. The lowest BCUT2D eigenvalue weighted by atomic mass is 10.0. The lowest BCUT2D eigenvalue weighted by Crippen LogP contribution is -2.16. The summed E-state index contributed by atoms with van der Waals surface area (Å²) in [6.07, 6.45) is 0.502. The first-order valence-electron chi connectivity index (χ1n) is 5.60. The third-order valence-corrected chi connectivity index (χ3v) is 3.52. The Hall–Kier alpha value is -1.46. The molecule has 0 bridgehead atoms. The Morgan fingerprint density at radius 3 is 2.89 bits per heavy atom. The highest BCUT2D eigenvalue weighted by Crippen LogP contribution is 2.28. The smallest absolute Gasteiger partial charge is 0.131 e. The molecule has 1 heterocycles. The second-order valence-electron chi connectivity index (χ2n) is 4.02. The molecule has 0 saturated heterocycles. The van der Waals surface area contributed by atoms with E-state index in [1.807, 2.05) is 12.3 Å². The molecule has 1 aromatic carbocycles. The summed E-state index contributed by atoms with van der Waals surface area (Å²) in [6, 6.07) is 4.26. The summed E-state index contributed by atoms with van der Waals surface area (Å²) in [6.45, 7) is 1.93. The summed E-state index contributed by atoms with van der Waals surface area (Å²) < 4.78 is 19.0. The molecular formula is C13H15FN2OS. The van der Waals surface area contributed by atoms with E-state index in [9.17, 15) is 4.39 Å². The normalized spacial score (nSPS) is 12.4. The van der Waals surface area contributed by atoms with Crippen LogP contribution in [0.3, 0.4) is 0 Å². The number of thiazole rings is 1. The molecule has 0 fully saturated rings. The number of halogens is 1. The highest BCUT2D eigenvalue weighted by atomic mass is 32.1. The van der Waals surface area contributed by atoms with Crippen molar-refractivity contribution in [2.24, 2.45) is 5.73 Å². The fourth-order valence-corrected chi connectivity index (χ4v) is 2.51. The second-order valence-corrected chi connectivity index (χ2v) is 5.09. The Balaban J connectivity index is 2.25. The summed E-state index contributed by atoms with van der Waals surface area (Å²) >= 11 is 1.56. The van der Waals surface area contributed by atoms with Gasteiger partial charge in [0.25, 0.3) is 0 Å².